The van der Waals surface area contributed by atoms with Crippen LogP contribution in [-0.2, 0) is 0 Å². The van der Waals surface area contributed by atoms with Crippen LogP contribution >= 0.6 is 15.8 Å². The lowest BCUT2D eigenvalue weighted by atomic mass is 10.4. The highest BCUT2D eigenvalue weighted by molar-refractivity contribution is 7.57. The molecule has 0 rings (SSSR count). The van der Waals surface area contributed by atoms with Crippen molar-refractivity contribution < 1.29 is 0 Å². The van der Waals surface area contributed by atoms with Gasteiger partial charge in [-0.25, -0.2) is 0 Å². The molecule has 2 atom stereocenters. The lowest BCUT2D eigenvalue weighted by molar-refractivity contribution is 0.883. The van der Waals surface area contributed by atoms with E-state index in [2.05, 4.69) is 41.0 Å². The first kappa shape index (κ1) is 14.9. The standard InChI is InChI=1S/C12H28P2/c1-11(2)13(5)9-7-8-10-14(6)12(3)4/h11-12H,7-10H2,1-6H3. The van der Waals surface area contributed by atoms with Crippen LogP contribution in [0.4, 0.5) is 0 Å². The van der Waals surface area contributed by atoms with Crippen LogP contribution in [0.15, 0.2) is 0 Å². The van der Waals surface area contributed by atoms with Crippen molar-refractivity contribution in [3.8, 4) is 0 Å². The van der Waals surface area contributed by atoms with Gasteiger partial charge in [-0.1, -0.05) is 27.7 Å². The van der Waals surface area contributed by atoms with Gasteiger partial charge >= 0.3 is 0 Å². The van der Waals surface area contributed by atoms with E-state index in [1.54, 1.807) is 0 Å². The Balaban J connectivity index is 3.38. The fraction of sp³-hybridized carbons (Fsp3) is 1.00. The van der Waals surface area contributed by atoms with Crippen LogP contribution < -0.4 is 0 Å². The van der Waals surface area contributed by atoms with Crippen molar-refractivity contribution in [2.45, 2.75) is 51.9 Å². The first-order valence-electron chi connectivity index (χ1n) is 5.85. The van der Waals surface area contributed by atoms with Crippen molar-refractivity contribution in [2.24, 2.45) is 0 Å². The fourth-order valence-electron chi connectivity index (χ4n) is 1.24. The van der Waals surface area contributed by atoms with Gasteiger partial charge in [-0.15, -0.1) is 15.8 Å². The van der Waals surface area contributed by atoms with Gasteiger partial charge in [-0.2, -0.15) is 0 Å². The van der Waals surface area contributed by atoms with Gasteiger partial charge in [0.05, 0.1) is 0 Å². The van der Waals surface area contributed by atoms with Crippen LogP contribution in [0.3, 0.4) is 0 Å². The summed E-state index contributed by atoms with van der Waals surface area (Å²) >= 11 is 0. The third-order valence-corrected chi connectivity index (χ3v) is 8.60. The predicted octanol–water partition coefficient (Wildman–Crippen LogP) is 4.81. The molecule has 14 heavy (non-hydrogen) atoms. The van der Waals surface area contributed by atoms with Crippen molar-refractivity contribution in [3.05, 3.63) is 0 Å². The van der Waals surface area contributed by atoms with Crippen LogP contribution in [0.25, 0.3) is 0 Å². The Hall–Kier alpha value is 0.860. The van der Waals surface area contributed by atoms with Crippen LogP contribution in [0.2, 0.25) is 0 Å². The normalized spacial score (nSPS) is 16.3. The Kier molecular flexibility index (Phi) is 8.56. The number of rotatable bonds is 7. The van der Waals surface area contributed by atoms with Crippen LogP contribution in [0.1, 0.15) is 40.5 Å². The van der Waals surface area contributed by atoms with Crippen molar-refractivity contribution >= 4 is 15.8 Å². The quantitative estimate of drug-likeness (QED) is 0.438. The Morgan fingerprint density at radius 3 is 1.21 bits per heavy atom. The summed E-state index contributed by atoms with van der Waals surface area (Å²) in [5.74, 6) is 0. The molecule has 0 aliphatic rings. The lowest BCUT2D eigenvalue weighted by Crippen LogP contribution is -1.99. The molecule has 0 fully saturated rings. The summed E-state index contributed by atoms with van der Waals surface area (Å²) in [4.78, 5) is 0. The van der Waals surface area contributed by atoms with Crippen LogP contribution in [0, 0.1) is 0 Å². The maximum Gasteiger partial charge on any atom is -0.0269 e. The summed E-state index contributed by atoms with van der Waals surface area (Å²) in [7, 11) is 0.643. The monoisotopic (exact) mass is 234 g/mol. The molecule has 0 amide bonds. The average Bonchev–Trinajstić information content (AvgIpc) is 2.11. The molecule has 0 bridgehead atoms. The molecule has 86 valence electrons. The molecule has 0 saturated carbocycles. The zero-order valence-electron chi connectivity index (χ0n) is 10.9. The van der Waals surface area contributed by atoms with Gasteiger partial charge < -0.3 is 0 Å². The molecule has 0 N–H and O–H groups in total. The molecular weight excluding hydrogens is 206 g/mol. The minimum atomic E-state index is 0.321. The second-order valence-corrected chi connectivity index (χ2v) is 10.8. The van der Waals surface area contributed by atoms with Gasteiger partial charge in [-0.05, 0) is 49.8 Å². The second-order valence-electron chi connectivity index (χ2n) is 4.86. The third kappa shape index (κ3) is 7.19. The molecule has 2 heteroatoms. The Bertz CT molecular complexity index is 116. The van der Waals surface area contributed by atoms with Gasteiger partial charge in [0.15, 0.2) is 0 Å². The van der Waals surface area contributed by atoms with Gasteiger partial charge in [0.25, 0.3) is 0 Å². The van der Waals surface area contributed by atoms with E-state index in [0.717, 1.165) is 11.3 Å². The highest BCUT2D eigenvalue weighted by atomic mass is 31.1. The average molecular weight is 234 g/mol. The Morgan fingerprint density at radius 2 is 1.00 bits per heavy atom. The molecule has 0 nitrogen and oxygen atoms in total. The fourth-order valence-corrected chi connectivity index (χ4v) is 3.72. The summed E-state index contributed by atoms with van der Waals surface area (Å²) in [5.41, 5.74) is 1.86. The zero-order chi connectivity index (χ0) is 11.1. The molecule has 0 aromatic heterocycles. The van der Waals surface area contributed by atoms with Crippen molar-refractivity contribution in [3.63, 3.8) is 0 Å². The molecule has 0 aliphatic carbocycles. The summed E-state index contributed by atoms with van der Waals surface area (Å²) in [6.07, 6.45) is 5.93. The Morgan fingerprint density at radius 1 is 0.714 bits per heavy atom. The van der Waals surface area contributed by atoms with E-state index >= 15 is 0 Å². The van der Waals surface area contributed by atoms with E-state index in [0.29, 0.717) is 15.8 Å². The molecule has 0 spiro atoms. The number of hydrogen-bond acceptors (Lipinski definition) is 0. The van der Waals surface area contributed by atoms with E-state index in [-0.39, 0.29) is 0 Å². The van der Waals surface area contributed by atoms with E-state index < -0.39 is 0 Å². The van der Waals surface area contributed by atoms with Crippen LogP contribution in [-0.4, -0.2) is 37.0 Å². The minimum absolute atomic E-state index is 0.321. The third-order valence-electron chi connectivity index (χ3n) is 3.03. The van der Waals surface area contributed by atoms with E-state index in [9.17, 15) is 0 Å². The molecular formula is C12H28P2. The smallest absolute Gasteiger partial charge is 0.0269 e. The minimum Gasteiger partial charge on any atom is -0.107 e. The van der Waals surface area contributed by atoms with Gasteiger partial charge in [-0.3, -0.25) is 0 Å². The lowest BCUT2D eigenvalue weighted by Gasteiger charge is -2.18. The predicted molar refractivity (Wildman–Crippen MR) is 74.9 cm³/mol. The summed E-state index contributed by atoms with van der Waals surface area (Å²) in [6, 6.07) is 0. The molecule has 0 radical (unpaired) electrons. The number of hydrogen-bond donors (Lipinski definition) is 0. The van der Waals surface area contributed by atoms with Crippen molar-refractivity contribution in [1.29, 1.82) is 0 Å². The molecule has 0 aromatic rings. The van der Waals surface area contributed by atoms with Gasteiger partial charge in [0, 0.05) is 0 Å². The van der Waals surface area contributed by atoms with Gasteiger partial charge in [0.1, 0.15) is 0 Å². The number of unbranched alkanes of at least 4 members (excludes halogenated alkanes) is 1. The molecule has 0 saturated heterocycles. The summed E-state index contributed by atoms with van der Waals surface area (Å²) < 4.78 is 0. The zero-order valence-corrected chi connectivity index (χ0v) is 12.7. The molecule has 0 heterocycles. The van der Waals surface area contributed by atoms with E-state index in [1.807, 2.05) is 0 Å². The summed E-state index contributed by atoms with van der Waals surface area (Å²) in [6.45, 7) is 14.4. The first-order valence-corrected chi connectivity index (χ1v) is 9.94. The van der Waals surface area contributed by atoms with E-state index in [4.69, 9.17) is 0 Å². The maximum absolute atomic E-state index is 2.46. The maximum atomic E-state index is 2.46. The van der Waals surface area contributed by atoms with Gasteiger partial charge in [0.2, 0.25) is 0 Å². The topological polar surface area (TPSA) is 0 Å². The highest BCUT2D eigenvalue weighted by Crippen LogP contribution is 2.40. The highest BCUT2D eigenvalue weighted by Gasteiger charge is 2.08. The largest absolute Gasteiger partial charge is 0.107 e. The van der Waals surface area contributed by atoms with Crippen LogP contribution in [0.5, 0.6) is 0 Å². The first-order chi connectivity index (χ1) is 6.45. The Labute approximate surface area is 93.8 Å². The molecule has 0 aromatic carbocycles. The van der Waals surface area contributed by atoms with E-state index in [1.165, 1.54) is 25.2 Å². The SMILES string of the molecule is CC(C)P(C)CCCCP(C)C(C)C. The molecule has 2 unspecified atom stereocenters. The molecule has 0 aliphatic heterocycles. The van der Waals surface area contributed by atoms with Crippen molar-refractivity contribution in [1.82, 2.24) is 0 Å². The second kappa shape index (κ2) is 8.06. The summed E-state index contributed by atoms with van der Waals surface area (Å²) in [5, 5.41) is 0. The van der Waals surface area contributed by atoms with Crippen molar-refractivity contribution in [2.75, 3.05) is 25.7 Å².